The van der Waals surface area contributed by atoms with E-state index in [0.717, 1.165) is 22.6 Å². The number of anilines is 1. The quantitative estimate of drug-likeness (QED) is 0.837. The Morgan fingerprint density at radius 2 is 1.81 bits per heavy atom. The molecule has 0 radical (unpaired) electrons. The van der Waals surface area contributed by atoms with E-state index in [1.54, 1.807) is 4.90 Å². The van der Waals surface area contributed by atoms with Crippen LogP contribution < -0.4 is 10.2 Å². The molecule has 2 aromatic carbocycles. The van der Waals surface area contributed by atoms with Crippen LogP contribution in [0.25, 0.3) is 0 Å². The molecule has 0 bridgehead atoms. The van der Waals surface area contributed by atoms with Gasteiger partial charge in [0.25, 0.3) is 0 Å². The molecule has 1 atom stereocenters. The van der Waals surface area contributed by atoms with Gasteiger partial charge in [-0.1, -0.05) is 56.3 Å². The van der Waals surface area contributed by atoms with Gasteiger partial charge in [-0.15, -0.1) is 11.8 Å². The van der Waals surface area contributed by atoms with Crippen molar-refractivity contribution in [1.29, 1.82) is 0 Å². The number of para-hydroxylation sites is 1. The molecule has 1 N–H and O–H groups in total. The van der Waals surface area contributed by atoms with Gasteiger partial charge in [0.2, 0.25) is 11.8 Å². The van der Waals surface area contributed by atoms with Crippen LogP contribution in [0.1, 0.15) is 31.9 Å². The molecule has 1 aliphatic rings. The molecule has 0 saturated carbocycles. The molecule has 26 heavy (non-hydrogen) atoms. The Bertz CT molecular complexity index is 777. The van der Waals surface area contributed by atoms with E-state index >= 15 is 0 Å². The summed E-state index contributed by atoms with van der Waals surface area (Å²) in [6.45, 7) is 4.34. The van der Waals surface area contributed by atoms with Gasteiger partial charge < -0.3 is 10.2 Å². The summed E-state index contributed by atoms with van der Waals surface area (Å²) >= 11 is 1.52. The van der Waals surface area contributed by atoms with Gasteiger partial charge in [-0.05, 0) is 30.0 Å². The van der Waals surface area contributed by atoms with Crippen LogP contribution in [0.4, 0.5) is 5.69 Å². The number of nitrogens with zero attached hydrogens (tertiary/aromatic N) is 1. The Kier molecular flexibility index (Phi) is 5.99. The van der Waals surface area contributed by atoms with Crippen LogP contribution in [0.5, 0.6) is 0 Å². The molecule has 1 aliphatic heterocycles. The predicted octanol–water partition coefficient (Wildman–Crippen LogP) is 4.03. The van der Waals surface area contributed by atoms with E-state index in [2.05, 4.69) is 19.2 Å². The van der Waals surface area contributed by atoms with Crippen molar-refractivity contribution < 1.29 is 9.59 Å². The first-order chi connectivity index (χ1) is 12.5. The van der Waals surface area contributed by atoms with Crippen LogP contribution in [0, 0.1) is 5.92 Å². The molecule has 3 rings (SSSR count). The second-order valence-electron chi connectivity index (χ2n) is 6.90. The zero-order valence-electron chi connectivity index (χ0n) is 15.1. The Morgan fingerprint density at radius 1 is 1.12 bits per heavy atom. The van der Waals surface area contributed by atoms with Crippen molar-refractivity contribution in [1.82, 2.24) is 5.32 Å². The van der Waals surface area contributed by atoms with E-state index in [4.69, 9.17) is 0 Å². The van der Waals surface area contributed by atoms with Crippen molar-refractivity contribution in [3.8, 4) is 0 Å². The monoisotopic (exact) mass is 368 g/mol. The third-order valence-corrected chi connectivity index (χ3v) is 5.40. The summed E-state index contributed by atoms with van der Waals surface area (Å²) in [5.41, 5.74) is 1.92. The summed E-state index contributed by atoms with van der Waals surface area (Å²) in [6, 6.07) is 17.7. The molecule has 2 amide bonds. The number of thioether (sulfide) groups is 1. The van der Waals surface area contributed by atoms with Gasteiger partial charge in [-0.2, -0.15) is 0 Å². The van der Waals surface area contributed by atoms with E-state index in [1.807, 2.05) is 54.6 Å². The molecular weight excluding hydrogens is 344 g/mol. The number of fused-ring (bicyclic) bond motifs is 1. The zero-order chi connectivity index (χ0) is 18.5. The van der Waals surface area contributed by atoms with Crippen LogP contribution in [-0.2, 0) is 9.59 Å². The number of hydrogen-bond acceptors (Lipinski definition) is 3. The average Bonchev–Trinajstić information content (AvgIpc) is 2.64. The molecule has 136 valence electrons. The second kappa shape index (κ2) is 8.41. The summed E-state index contributed by atoms with van der Waals surface area (Å²) in [4.78, 5) is 27.7. The van der Waals surface area contributed by atoms with Gasteiger partial charge in [-0.25, -0.2) is 0 Å². The minimum absolute atomic E-state index is 0.0241. The fraction of sp³-hybridized carbons (Fsp3) is 0.333. The van der Waals surface area contributed by atoms with E-state index in [0.29, 0.717) is 11.7 Å². The van der Waals surface area contributed by atoms with Crippen LogP contribution in [-0.4, -0.2) is 24.1 Å². The fourth-order valence-electron chi connectivity index (χ4n) is 3.15. The first-order valence-electron chi connectivity index (χ1n) is 8.91. The van der Waals surface area contributed by atoms with Crippen molar-refractivity contribution in [2.24, 2.45) is 5.92 Å². The van der Waals surface area contributed by atoms with Crippen molar-refractivity contribution in [3.63, 3.8) is 0 Å². The highest BCUT2D eigenvalue weighted by Crippen LogP contribution is 2.34. The standard InChI is InChI=1S/C21H24N2O2S/c1-15(2)12-17(16-8-4-3-5-9-16)22-20(24)13-23-18-10-6-7-11-19(18)26-14-21(23)25/h3-11,15,17H,12-14H2,1-2H3,(H,22,24). The lowest BCUT2D eigenvalue weighted by molar-refractivity contribution is -0.123. The molecule has 4 nitrogen and oxygen atoms in total. The first-order valence-corrected chi connectivity index (χ1v) is 9.89. The van der Waals surface area contributed by atoms with Crippen LogP contribution in [0.3, 0.4) is 0 Å². The van der Waals surface area contributed by atoms with Gasteiger partial charge in [0, 0.05) is 4.90 Å². The smallest absolute Gasteiger partial charge is 0.240 e. The maximum atomic E-state index is 12.7. The number of rotatable bonds is 6. The minimum atomic E-state index is -0.130. The number of benzene rings is 2. The highest BCUT2D eigenvalue weighted by molar-refractivity contribution is 8.00. The number of hydrogen-bond donors (Lipinski definition) is 1. The molecule has 1 unspecified atom stereocenters. The van der Waals surface area contributed by atoms with Crippen LogP contribution in [0.2, 0.25) is 0 Å². The summed E-state index contributed by atoms with van der Waals surface area (Å²) in [7, 11) is 0. The van der Waals surface area contributed by atoms with Gasteiger partial charge in [-0.3, -0.25) is 9.59 Å². The summed E-state index contributed by atoms with van der Waals surface area (Å²) in [6.07, 6.45) is 0.857. The van der Waals surface area contributed by atoms with Crippen LogP contribution in [0.15, 0.2) is 59.5 Å². The van der Waals surface area contributed by atoms with Crippen LogP contribution >= 0.6 is 11.8 Å². The molecule has 0 aliphatic carbocycles. The van der Waals surface area contributed by atoms with Gasteiger partial charge in [0.1, 0.15) is 6.54 Å². The van der Waals surface area contributed by atoms with Crippen molar-refractivity contribution >= 4 is 29.3 Å². The predicted molar refractivity (Wildman–Crippen MR) is 106 cm³/mol. The fourth-order valence-corrected chi connectivity index (χ4v) is 4.08. The highest BCUT2D eigenvalue weighted by atomic mass is 32.2. The van der Waals surface area contributed by atoms with Gasteiger partial charge in [0.15, 0.2) is 0 Å². The molecule has 0 spiro atoms. The minimum Gasteiger partial charge on any atom is -0.348 e. The Morgan fingerprint density at radius 3 is 2.54 bits per heavy atom. The number of nitrogens with one attached hydrogen (secondary N) is 1. The third-order valence-electron chi connectivity index (χ3n) is 4.35. The van der Waals surface area contributed by atoms with E-state index < -0.39 is 0 Å². The molecule has 0 saturated heterocycles. The summed E-state index contributed by atoms with van der Waals surface area (Å²) in [5, 5.41) is 3.12. The molecule has 0 aromatic heterocycles. The zero-order valence-corrected chi connectivity index (χ0v) is 16.0. The molecule has 5 heteroatoms. The molecule has 2 aromatic rings. The average molecular weight is 369 g/mol. The number of carbonyl (C=O) groups excluding carboxylic acids is 2. The third kappa shape index (κ3) is 4.47. The maximum Gasteiger partial charge on any atom is 0.240 e. The normalized spacial score (nSPS) is 14.9. The highest BCUT2D eigenvalue weighted by Gasteiger charge is 2.27. The Balaban J connectivity index is 1.73. The lowest BCUT2D eigenvalue weighted by Gasteiger charge is -2.29. The Hall–Kier alpha value is -2.27. The lowest BCUT2D eigenvalue weighted by atomic mass is 9.97. The van der Waals surface area contributed by atoms with E-state index in [9.17, 15) is 9.59 Å². The molecule has 1 heterocycles. The van der Waals surface area contributed by atoms with E-state index in [-0.39, 0.29) is 24.4 Å². The molecular formula is C21H24N2O2S. The Labute approximate surface area is 159 Å². The maximum absolute atomic E-state index is 12.7. The first kappa shape index (κ1) is 18.5. The largest absolute Gasteiger partial charge is 0.348 e. The van der Waals surface area contributed by atoms with E-state index in [1.165, 1.54) is 11.8 Å². The number of amides is 2. The SMILES string of the molecule is CC(C)CC(NC(=O)CN1C(=O)CSc2ccccc21)c1ccccc1. The lowest BCUT2D eigenvalue weighted by Crippen LogP contribution is -2.44. The van der Waals surface area contributed by atoms with Crippen molar-refractivity contribution in [2.75, 3.05) is 17.2 Å². The summed E-state index contributed by atoms with van der Waals surface area (Å²) in [5.74, 6) is 0.672. The topological polar surface area (TPSA) is 49.4 Å². The summed E-state index contributed by atoms with van der Waals surface area (Å²) < 4.78 is 0. The molecule has 0 fully saturated rings. The van der Waals surface area contributed by atoms with Crippen molar-refractivity contribution in [3.05, 3.63) is 60.2 Å². The van der Waals surface area contributed by atoms with Crippen molar-refractivity contribution in [2.45, 2.75) is 31.2 Å². The van der Waals surface area contributed by atoms with Gasteiger partial charge in [0.05, 0.1) is 17.5 Å². The van der Waals surface area contributed by atoms with Gasteiger partial charge >= 0.3 is 0 Å². The number of carbonyl (C=O) groups is 2. The second-order valence-corrected chi connectivity index (χ2v) is 7.91.